The zero-order chi connectivity index (χ0) is 42.2. The molecule has 7 rings (SSSR count). The molecule has 58 heavy (non-hydrogen) atoms. The lowest BCUT2D eigenvalue weighted by molar-refractivity contribution is 0.505. The summed E-state index contributed by atoms with van der Waals surface area (Å²) in [6.07, 6.45) is 5.23. The number of aryl methyl sites for hydroxylation is 2. The first-order valence-electron chi connectivity index (χ1n) is 21.2. The lowest BCUT2D eigenvalue weighted by Gasteiger charge is -2.36. The summed E-state index contributed by atoms with van der Waals surface area (Å²) < 4.78 is 0. The van der Waals surface area contributed by atoms with Crippen molar-refractivity contribution < 1.29 is 0 Å². The summed E-state index contributed by atoms with van der Waals surface area (Å²) in [5.74, 6) is 0. The van der Waals surface area contributed by atoms with Crippen LogP contribution in [0.1, 0.15) is 146 Å². The van der Waals surface area contributed by atoms with Crippen molar-refractivity contribution in [3.8, 4) is 0 Å². The maximum absolute atomic E-state index is 7.17. The van der Waals surface area contributed by atoms with Gasteiger partial charge in [-0.1, -0.05) is 179 Å². The van der Waals surface area contributed by atoms with Crippen LogP contribution < -0.4 is 16.3 Å². The van der Waals surface area contributed by atoms with Gasteiger partial charge in [-0.3, -0.25) is 0 Å². The summed E-state index contributed by atoms with van der Waals surface area (Å²) in [6.45, 7) is 28.2. The summed E-state index contributed by atoms with van der Waals surface area (Å²) in [7, 11) is -1.01. The number of benzene rings is 5. The molecule has 5 aromatic carbocycles. The molecule has 0 saturated carbocycles. The molecule has 0 aromatic heterocycles. The van der Waals surface area contributed by atoms with Gasteiger partial charge < -0.3 is 5.73 Å². The monoisotopic (exact) mass is 847 g/mol. The van der Waals surface area contributed by atoms with Crippen molar-refractivity contribution in [2.24, 2.45) is 0 Å². The van der Waals surface area contributed by atoms with Crippen molar-refractivity contribution in [2.45, 2.75) is 152 Å². The van der Waals surface area contributed by atoms with Gasteiger partial charge >= 0.3 is 0 Å². The van der Waals surface area contributed by atoms with Crippen LogP contribution in [-0.4, -0.2) is 4.99 Å². The van der Waals surface area contributed by atoms with Gasteiger partial charge in [0.1, 0.15) is 0 Å². The third-order valence-electron chi connectivity index (χ3n) is 12.7. The van der Waals surface area contributed by atoms with E-state index in [1.807, 2.05) is 30.0 Å². The molecule has 1 spiro atoms. The molecule has 2 aliphatic rings. The van der Waals surface area contributed by atoms with Gasteiger partial charge in [0, 0.05) is 21.0 Å². The fraction of sp³-hybridized carbons (Fsp3) is 0.434. The third kappa shape index (κ3) is 8.44. The van der Waals surface area contributed by atoms with E-state index in [9.17, 15) is 0 Å². The fourth-order valence-corrected chi connectivity index (χ4v) is 14.8. The maximum atomic E-state index is 7.17. The second kappa shape index (κ2) is 15.6. The summed E-state index contributed by atoms with van der Waals surface area (Å²) in [5.41, 5.74) is 20.4. The molecule has 306 valence electrons. The second-order valence-electron chi connectivity index (χ2n) is 21.1. The van der Waals surface area contributed by atoms with E-state index in [1.54, 1.807) is 0 Å². The molecule has 0 saturated heterocycles. The standard InChI is InChI=1S/C53H64Cl2NPS/c1-49(2,3)36-27-37(50(4,5)6)30-40(29-36)57(41-31-38(51(7,8)9)28-39(32-41)52(10,11)12)45(58-48-42(54)19-15-20-43(48)55)26-35-18-13-16-33-22-24-53(46(33)35)25-23-34-17-14-21-44(56)47(34)53/h13-21,27-32,45H,22-26,56H2,1-12H3/t45?,53-/m1/s1. The molecular formula is C53H64Cl2NPS. The van der Waals surface area contributed by atoms with E-state index in [1.165, 1.54) is 60.7 Å². The van der Waals surface area contributed by atoms with E-state index in [2.05, 4.69) is 156 Å². The highest BCUT2D eigenvalue weighted by atomic mass is 35.5. The number of halogens is 2. The molecule has 2 N–H and O–H groups in total. The molecule has 0 heterocycles. The van der Waals surface area contributed by atoms with Crippen LogP contribution in [0, 0.1) is 0 Å². The van der Waals surface area contributed by atoms with Crippen LogP contribution in [0.5, 0.6) is 0 Å². The summed E-state index contributed by atoms with van der Waals surface area (Å²) in [4.78, 5) is 1.07. The number of anilines is 1. The molecule has 0 aliphatic heterocycles. The van der Waals surface area contributed by atoms with E-state index in [4.69, 9.17) is 28.9 Å². The number of rotatable bonds is 7. The Morgan fingerprint density at radius 3 is 1.45 bits per heavy atom. The highest BCUT2D eigenvalue weighted by Gasteiger charge is 2.47. The minimum Gasteiger partial charge on any atom is -0.398 e. The van der Waals surface area contributed by atoms with Crippen molar-refractivity contribution >= 4 is 59.2 Å². The van der Waals surface area contributed by atoms with Crippen LogP contribution in [0.3, 0.4) is 0 Å². The Kier molecular flexibility index (Phi) is 11.7. The van der Waals surface area contributed by atoms with E-state index in [0.29, 0.717) is 10.0 Å². The average Bonchev–Trinajstić information content (AvgIpc) is 3.70. The minimum absolute atomic E-state index is 0.0298. The number of nitrogens with two attached hydrogens (primary N) is 1. The molecule has 1 unspecified atom stereocenters. The molecule has 5 heteroatoms. The molecule has 2 atom stereocenters. The Hall–Kier alpha value is -2.74. The van der Waals surface area contributed by atoms with Crippen molar-refractivity contribution in [3.63, 3.8) is 0 Å². The third-order valence-corrected chi connectivity index (χ3v) is 18.0. The molecular weight excluding hydrogens is 785 g/mol. The van der Waals surface area contributed by atoms with E-state index in [0.717, 1.165) is 42.7 Å². The first kappa shape index (κ1) is 43.4. The molecule has 5 aromatic rings. The fourth-order valence-electron chi connectivity index (χ4n) is 9.32. The van der Waals surface area contributed by atoms with Crippen molar-refractivity contribution in [1.82, 2.24) is 0 Å². The van der Waals surface area contributed by atoms with E-state index >= 15 is 0 Å². The lowest BCUT2D eigenvalue weighted by Crippen LogP contribution is -2.29. The molecule has 2 aliphatic carbocycles. The highest BCUT2D eigenvalue weighted by Crippen LogP contribution is 2.58. The van der Waals surface area contributed by atoms with Gasteiger partial charge in [0.25, 0.3) is 0 Å². The summed E-state index contributed by atoms with van der Waals surface area (Å²) in [6, 6.07) is 34.8. The van der Waals surface area contributed by atoms with E-state index in [-0.39, 0.29) is 32.1 Å². The Labute approximate surface area is 366 Å². The van der Waals surface area contributed by atoms with Crippen molar-refractivity contribution in [3.05, 3.63) is 151 Å². The first-order valence-corrected chi connectivity index (χ1v) is 24.2. The smallest absolute Gasteiger partial charge is 0.0557 e. The predicted octanol–water partition coefficient (Wildman–Crippen LogP) is 14.7. The number of nitrogen functional groups attached to an aromatic ring is 1. The molecule has 0 bridgehead atoms. The largest absolute Gasteiger partial charge is 0.398 e. The van der Waals surface area contributed by atoms with Gasteiger partial charge in [-0.05, 0) is 141 Å². The zero-order valence-corrected chi connectivity index (χ0v) is 40.2. The Morgan fingerprint density at radius 1 is 0.586 bits per heavy atom. The number of fused-ring (bicyclic) bond motifs is 4. The SMILES string of the molecule is CC(C)(C)c1cc(P(c2cc(C(C)(C)C)cc(C(C)(C)C)c2)C(Cc2cccc3c2[C@]2(CCc4cccc(N)c42)CC3)Sc2c(Cl)cccc2Cl)cc(C(C)(C)C)c1. The average molecular weight is 849 g/mol. The van der Waals surface area contributed by atoms with Crippen molar-refractivity contribution in [1.29, 1.82) is 0 Å². The van der Waals surface area contributed by atoms with Gasteiger partial charge in [-0.2, -0.15) is 0 Å². The second-order valence-corrected chi connectivity index (χ2v) is 25.9. The molecule has 0 fully saturated rings. The van der Waals surface area contributed by atoms with Crippen LogP contribution in [0.4, 0.5) is 5.69 Å². The quantitative estimate of drug-likeness (QED) is 0.100. The van der Waals surface area contributed by atoms with Crippen LogP contribution >= 0.6 is 42.9 Å². The number of thioether (sulfide) groups is 1. The van der Waals surface area contributed by atoms with Gasteiger partial charge in [0.2, 0.25) is 0 Å². The summed E-state index contributed by atoms with van der Waals surface area (Å²) >= 11 is 16.2. The zero-order valence-electron chi connectivity index (χ0n) is 37.0. The Bertz CT molecular complexity index is 2190. The maximum Gasteiger partial charge on any atom is 0.0557 e. The van der Waals surface area contributed by atoms with Crippen LogP contribution in [-0.2, 0) is 46.3 Å². The van der Waals surface area contributed by atoms with E-state index < -0.39 is 7.92 Å². The highest BCUT2D eigenvalue weighted by molar-refractivity contribution is 8.07. The first-order chi connectivity index (χ1) is 27.0. The molecule has 1 nitrogen and oxygen atoms in total. The molecule has 0 amide bonds. The normalized spacial score (nSPS) is 17.6. The predicted molar refractivity (Wildman–Crippen MR) is 258 cm³/mol. The topological polar surface area (TPSA) is 26.0 Å². The Morgan fingerprint density at radius 2 is 1.00 bits per heavy atom. The minimum atomic E-state index is -1.01. The number of hydrogen-bond acceptors (Lipinski definition) is 2. The van der Waals surface area contributed by atoms with Crippen molar-refractivity contribution in [2.75, 3.05) is 5.73 Å². The Balaban J connectivity index is 1.54. The number of hydrogen-bond donors (Lipinski definition) is 1. The van der Waals surface area contributed by atoms with Gasteiger partial charge in [0.05, 0.1) is 10.0 Å². The van der Waals surface area contributed by atoms with Gasteiger partial charge in [-0.15, -0.1) is 11.8 Å². The summed E-state index contributed by atoms with van der Waals surface area (Å²) in [5, 5.41) is 4.25. The van der Waals surface area contributed by atoms with Crippen LogP contribution in [0.25, 0.3) is 0 Å². The van der Waals surface area contributed by atoms with Gasteiger partial charge in [0.15, 0.2) is 0 Å². The molecule has 0 radical (unpaired) electrons. The van der Waals surface area contributed by atoms with Gasteiger partial charge in [-0.25, -0.2) is 0 Å². The van der Waals surface area contributed by atoms with Crippen LogP contribution in [0.15, 0.2) is 95.9 Å². The lowest BCUT2D eigenvalue weighted by atomic mass is 9.74. The van der Waals surface area contributed by atoms with Crippen LogP contribution in [0.2, 0.25) is 10.0 Å².